The molecule has 5 heteroatoms. The summed E-state index contributed by atoms with van der Waals surface area (Å²) < 4.78 is 16.8. The van der Waals surface area contributed by atoms with Crippen LogP contribution in [0.1, 0.15) is 85.0 Å². The van der Waals surface area contributed by atoms with Crippen LogP contribution in [-0.2, 0) is 23.8 Å². The Hall–Kier alpha value is -0.940. The number of ether oxygens (including phenoxy) is 3. The largest absolute Gasteiger partial charge is 0.469 e. The molecule has 4 aliphatic carbocycles. The Morgan fingerprint density at radius 2 is 1.91 bits per heavy atom. The Morgan fingerprint density at radius 1 is 1.12 bits per heavy atom. The van der Waals surface area contributed by atoms with Crippen LogP contribution in [0, 0.1) is 46.3 Å². The molecular weight excluding hydrogens is 404 g/mol. The maximum Gasteiger partial charge on any atom is 0.305 e. The van der Waals surface area contributed by atoms with Crippen LogP contribution in [0.3, 0.4) is 0 Å². The molecular formula is C27H44O5. The molecule has 0 spiro atoms. The summed E-state index contributed by atoms with van der Waals surface area (Å²) in [6.45, 7) is 7.64. The first kappa shape index (κ1) is 24.2. The fourth-order valence-electron chi connectivity index (χ4n) is 8.99. The highest BCUT2D eigenvalue weighted by atomic mass is 16.7. The molecule has 9 atom stereocenters. The van der Waals surface area contributed by atoms with Crippen LogP contribution in [0.15, 0.2) is 0 Å². The number of methoxy groups -OCH3 is 2. The van der Waals surface area contributed by atoms with Crippen LogP contribution in [0.4, 0.5) is 0 Å². The van der Waals surface area contributed by atoms with Gasteiger partial charge in [-0.3, -0.25) is 9.59 Å². The van der Waals surface area contributed by atoms with Gasteiger partial charge in [0.05, 0.1) is 13.2 Å². The molecule has 0 aromatic carbocycles. The van der Waals surface area contributed by atoms with Crippen LogP contribution in [-0.4, -0.2) is 38.9 Å². The number of rotatable bonds is 7. The van der Waals surface area contributed by atoms with E-state index in [2.05, 4.69) is 20.8 Å². The van der Waals surface area contributed by atoms with E-state index in [4.69, 9.17) is 14.2 Å². The smallest absolute Gasteiger partial charge is 0.305 e. The lowest BCUT2D eigenvalue weighted by atomic mass is 9.43. The molecule has 0 aromatic rings. The summed E-state index contributed by atoms with van der Waals surface area (Å²) in [6.07, 6.45) is 10.2. The van der Waals surface area contributed by atoms with Gasteiger partial charge in [-0.25, -0.2) is 0 Å². The molecule has 32 heavy (non-hydrogen) atoms. The van der Waals surface area contributed by atoms with Crippen molar-refractivity contribution in [2.75, 3.05) is 21.0 Å². The van der Waals surface area contributed by atoms with Gasteiger partial charge >= 0.3 is 5.97 Å². The summed E-state index contributed by atoms with van der Waals surface area (Å²) in [5, 5.41) is 0. The van der Waals surface area contributed by atoms with E-state index in [1.807, 2.05) is 0 Å². The van der Waals surface area contributed by atoms with Gasteiger partial charge in [-0.2, -0.15) is 0 Å². The van der Waals surface area contributed by atoms with Gasteiger partial charge in [0.15, 0.2) is 0 Å². The zero-order valence-electron chi connectivity index (χ0n) is 20.9. The van der Waals surface area contributed by atoms with Crippen molar-refractivity contribution in [1.82, 2.24) is 0 Å². The van der Waals surface area contributed by atoms with Gasteiger partial charge in [0.2, 0.25) is 0 Å². The Labute approximate surface area is 194 Å². The molecule has 0 aromatic heterocycles. The van der Waals surface area contributed by atoms with Crippen molar-refractivity contribution >= 4 is 11.8 Å². The predicted octanol–water partition coefficient (Wildman–Crippen LogP) is 5.40. The third kappa shape index (κ3) is 3.96. The lowest BCUT2D eigenvalue weighted by Gasteiger charge is -2.62. The average Bonchev–Trinajstić information content (AvgIpc) is 3.14. The first-order valence-electron chi connectivity index (χ1n) is 12.9. The molecule has 0 N–H and O–H groups in total. The zero-order valence-corrected chi connectivity index (χ0v) is 20.9. The predicted molar refractivity (Wildman–Crippen MR) is 123 cm³/mol. The third-order valence-electron chi connectivity index (χ3n) is 10.7. The number of Topliss-reactive ketones (excluding diaryl/α,β-unsaturated/α-hetero) is 1. The van der Waals surface area contributed by atoms with E-state index >= 15 is 0 Å². The highest BCUT2D eigenvalue weighted by molar-refractivity contribution is 5.79. The lowest BCUT2D eigenvalue weighted by Crippen LogP contribution is -2.59. The fourth-order valence-corrected chi connectivity index (χ4v) is 8.99. The van der Waals surface area contributed by atoms with E-state index in [0.29, 0.717) is 48.6 Å². The van der Waals surface area contributed by atoms with Crippen molar-refractivity contribution in [3.05, 3.63) is 0 Å². The number of fused-ring (bicyclic) bond motifs is 5. The minimum Gasteiger partial charge on any atom is -0.469 e. The molecule has 0 bridgehead atoms. The summed E-state index contributed by atoms with van der Waals surface area (Å²) in [4.78, 5) is 24.0. The molecule has 0 heterocycles. The van der Waals surface area contributed by atoms with Gasteiger partial charge in [0.1, 0.15) is 12.6 Å². The Morgan fingerprint density at radius 3 is 2.62 bits per heavy atom. The molecule has 4 rings (SSSR count). The first-order chi connectivity index (χ1) is 15.3. The highest BCUT2D eigenvalue weighted by Gasteiger charge is 2.64. The number of hydrogen-bond acceptors (Lipinski definition) is 5. The summed E-state index contributed by atoms with van der Waals surface area (Å²) in [5.74, 6) is 3.96. The highest BCUT2D eigenvalue weighted by Crippen LogP contribution is 2.68. The monoisotopic (exact) mass is 448 g/mol. The normalized spacial score (nSPS) is 44.3. The van der Waals surface area contributed by atoms with Gasteiger partial charge < -0.3 is 14.2 Å². The van der Waals surface area contributed by atoms with Crippen molar-refractivity contribution in [3.8, 4) is 0 Å². The van der Waals surface area contributed by atoms with Crippen molar-refractivity contribution in [3.63, 3.8) is 0 Å². The lowest BCUT2D eigenvalue weighted by molar-refractivity contribution is -0.208. The second-order valence-corrected chi connectivity index (χ2v) is 11.8. The number of carbonyl (C=O) groups excluding carboxylic acids is 2. The summed E-state index contributed by atoms with van der Waals surface area (Å²) in [5.41, 5.74) is 0.379. The van der Waals surface area contributed by atoms with E-state index in [1.165, 1.54) is 32.8 Å². The van der Waals surface area contributed by atoms with Crippen LogP contribution >= 0.6 is 0 Å². The second kappa shape index (κ2) is 9.37. The van der Waals surface area contributed by atoms with Gasteiger partial charge in [-0.15, -0.1) is 0 Å². The van der Waals surface area contributed by atoms with Crippen molar-refractivity contribution in [1.29, 1.82) is 0 Å². The standard InChI is InChI=1S/C27H44O5/c1-17(6-11-25(29)31-5)21-9-10-22-20-8-7-18-14-19(28)12-13-26(18,2)23(20)15-24(27(21,22)3)32-16-30-4/h17-18,20-24H,6-16H2,1-5H3/t17-,18+,20+,21-,22+,23+,24+,26+,27-/m1/s1. The van der Waals surface area contributed by atoms with Crippen LogP contribution in [0.2, 0.25) is 0 Å². The molecule has 0 amide bonds. The third-order valence-corrected chi connectivity index (χ3v) is 10.7. The zero-order chi connectivity index (χ0) is 23.1. The average molecular weight is 449 g/mol. The summed E-state index contributed by atoms with van der Waals surface area (Å²) in [7, 11) is 3.19. The molecule has 4 fully saturated rings. The maximum atomic E-state index is 12.2. The summed E-state index contributed by atoms with van der Waals surface area (Å²) in [6, 6.07) is 0. The molecule has 4 saturated carbocycles. The van der Waals surface area contributed by atoms with Crippen molar-refractivity contribution in [2.24, 2.45) is 46.3 Å². The van der Waals surface area contributed by atoms with Crippen molar-refractivity contribution in [2.45, 2.75) is 91.1 Å². The number of ketones is 1. The number of esters is 1. The Kier molecular flexibility index (Phi) is 7.08. The van der Waals surface area contributed by atoms with E-state index in [0.717, 1.165) is 38.0 Å². The van der Waals surface area contributed by atoms with E-state index in [9.17, 15) is 9.59 Å². The Balaban J connectivity index is 1.60. The van der Waals surface area contributed by atoms with Gasteiger partial charge in [-0.05, 0) is 85.9 Å². The van der Waals surface area contributed by atoms with Gasteiger partial charge in [0, 0.05) is 31.8 Å². The van der Waals surface area contributed by atoms with Gasteiger partial charge in [0.25, 0.3) is 0 Å². The summed E-state index contributed by atoms with van der Waals surface area (Å²) >= 11 is 0. The van der Waals surface area contributed by atoms with Crippen molar-refractivity contribution < 1.29 is 23.8 Å². The minimum absolute atomic E-state index is 0.106. The SMILES string of the molecule is COCO[C@H]1C[C@H]2[C@@H](CC[C@H]3CC(=O)CC[C@@]32C)[C@@H]2CC[C@H]([C@H](C)CCC(=O)OC)[C@@]12C. The second-order valence-electron chi connectivity index (χ2n) is 11.8. The fraction of sp³-hybridized carbons (Fsp3) is 0.926. The van der Waals surface area contributed by atoms with E-state index < -0.39 is 0 Å². The molecule has 4 aliphatic rings. The minimum atomic E-state index is -0.106. The van der Waals surface area contributed by atoms with Gasteiger partial charge in [-0.1, -0.05) is 20.8 Å². The van der Waals surface area contributed by atoms with E-state index in [-0.39, 0.29) is 22.9 Å². The number of carbonyl (C=O) groups is 2. The molecule has 0 saturated heterocycles. The topological polar surface area (TPSA) is 61.8 Å². The Bertz CT molecular complexity index is 706. The molecule has 182 valence electrons. The molecule has 5 nitrogen and oxygen atoms in total. The molecule has 0 aliphatic heterocycles. The van der Waals surface area contributed by atoms with Crippen LogP contribution < -0.4 is 0 Å². The van der Waals surface area contributed by atoms with Crippen LogP contribution in [0.5, 0.6) is 0 Å². The first-order valence-corrected chi connectivity index (χ1v) is 12.9. The number of hydrogen-bond donors (Lipinski definition) is 0. The maximum absolute atomic E-state index is 12.2. The molecule has 0 radical (unpaired) electrons. The molecule has 0 unspecified atom stereocenters. The van der Waals surface area contributed by atoms with Crippen LogP contribution in [0.25, 0.3) is 0 Å². The van der Waals surface area contributed by atoms with E-state index in [1.54, 1.807) is 7.11 Å². The quantitative estimate of drug-likeness (QED) is 0.385.